The van der Waals surface area contributed by atoms with Crippen LogP contribution >= 0.6 is 0 Å². The van der Waals surface area contributed by atoms with Crippen LogP contribution in [-0.4, -0.2) is 86.5 Å². The maximum absolute atomic E-state index is 12.0. The molecule has 0 saturated heterocycles. The molecule has 0 aromatic carbocycles. The van der Waals surface area contributed by atoms with Gasteiger partial charge in [0.25, 0.3) is 0 Å². The number of hydrogen-bond acceptors (Lipinski definition) is 5. The number of nitrogens with zero attached hydrogens (tertiary/aromatic N) is 1. The third kappa shape index (κ3) is 14.1. The number of carboxylic acids is 1. The molecule has 2 amide bonds. The van der Waals surface area contributed by atoms with Crippen molar-refractivity contribution in [3.05, 3.63) is 0 Å². The molecule has 162 valence electrons. The maximum Gasteiger partial charge on any atom is 0.305 e. The van der Waals surface area contributed by atoms with Gasteiger partial charge in [-0.25, -0.2) is 0 Å². The van der Waals surface area contributed by atoms with Crippen LogP contribution in [0.4, 0.5) is 0 Å². The summed E-state index contributed by atoms with van der Waals surface area (Å²) in [4.78, 5) is 46.2. The van der Waals surface area contributed by atoms with Gasteiger partial charge in [-0.15, -0.1) is 0 Å². The van der Waals surface area contributed by atoms with Gasteiger partial charge in [0.1, 0.15) is 5.78 Å². The number of unbranched alkanes of at least 4 members (excludes halogenated alkanes) is 1. The zero-order valence-corrected chi connectivity index (χ0v) is 17.8. The van der Waals surface area contributed by atoms with Crippen LogP contribution in [0.25, 0.3) is 0 Å². The van der Waals surface area contributed by atoms with Crippen LogP contribution < -0.4 is 16.0 Å². The number of carbonyl (C=O) groups is 4. The molecule has 0 spiro atoms. The quantitative estimate of drug-likeness (QED) is 0.224. The first-order valence-corrected chi connectivity index (χ1v) is 9.70. The SMILES string of the molecule is CNC(CCCCNC(=O)CCC(=O)NC(CC(=O)O)C[N+](C)(C)C)C(C)=O. The Hall–Kier alpha value is -2.00. The van der Waals surface area contributed by atoms with Gasteiger partial charge in [-0.3, -0.25) is 19.2 Å². The van der Waals surface area contributed by atoms with Crippen LogP contribution in [-0.2, 0) is 19.2 Å². The smallest absolute Gasteiger partial charge is 0.305 e. The fraction of sp³-hybridized carbons (Fsp3) is 0.789. The number of amides is 2. The van der Waals surface area contributed by atoms with Crippen molar-refractivity contribution >= 4 is 23.6 Å². The Balaban J connectivity index is 4.10. The summed E-state index contributed by atoms with van der Waals surface area (Å²) in [6, 6.07) is -0.626. The molecule has 4 N–H and O–H groups in total. The van der Waals surface area contributed by atoms with E-state index in [1.165, 1.54) is 0 Å². The van der Waals surface area contributed by atoms with Crippen molar-refractivity contribution in [2.75, 3.05) is 41.3 Å². The molecule has 28 heavy (non-hydrogen) atoms. The maximum atomic E-state index is 12.0. The Morgan fingerprint density at radius 1 is 1.00 bits per heavy atom. The van der Waals surface area contributed by atoms with Crippen LogP contribution in [0.5, 0.6) is 0 Å². The molecule has 9 nitrogen and oxygen atoms in total. The largest absolute Gasteiger partial charge is 0.481 e. The molecule has 0 aromatic heterocycles. The Morgan fingerprint density at radius 2 is 1.61 bits per heavy atom. The number of hydrogen-bond donors (Lipinski definition) is 4. The zero-order chi connectivity index (χ0) is 21.7. The Kier molecular flexibility index (Phi) is 12.3. The molecule has 2 unspecified atom stereocenters. The standard InChI is InChI=1S/C19H36N4O5/c1-14(24)16(20-2)8-6-7-11-21-17(25)9-10-18(26)22-15(12-19(27)28)13-23(3,4)5/h15-16,20H,6-13H2,1-5H3,(H2-,21,22,25,26,27,28)/p+1. The van der Waals surface area contributed by atoms with Gasteiger partial charge in [-0.2, -0.15) is 0 Å². The van der Waals surface area contributed by atoms with Crippen LogP contribution in [0.2, 0.25) is 0 Å². The molecule has 0 aliphatic rings. The van der Waals surface area contributed by atoms with Crippen molar-refractivity contribution in [3.63, 3.8) is 0 Å². The Labute approximate surface area is 167 Å². The number of aliphatic carboxylic acids is 1. The Bertz CT molecular complexity index is 531. The second kappa shape index (κ2) is 13.2. The van der Waals surface area contributed by atoms with Gasteiger partial charge in [0, 0.05) is 19.4 Å². The number of Topliss-reactive ketones (excluding diaryl/α,β-unsaturated/α-hetero) is 1. The highest BCUT2D eigenvalue weighted by molar-refractivity contribution is 5.84. The summed E-state index contributed by atoms with van der Waals surface area (Å²) in [6.07, 6.45) is 2.22. The molecule has 0 bridgehead atoms. The molecular weight excluding hydrogens is 364 g/mol. The number of quaternary nitrogens is 1. The number of ketones is 1. The first kappa shape index (κ1) is 26.0. The van der Waals surface area contributed by atoms with Crippen molar-refractivity contribution in [1.82, 2.24) is 16.0 Å². The monoisotopic (exact) mass is 401 g/mol. The van der Waals surface area contributed by atoms with E-state index in [4.69, 9.17) is 5.11 Å². The van der Waals surface area contributed by atoms with Crippen molar-refractivity contribution in [2.24, 2.45) is 0 Å². The zero-order valence-electron chi connectivity index (χ0n) is 17.8. The van der Waals surface area contributed by atoms with Gasteiger partial charge in [0.15, 0.2) is 0 Å². The summed E-state index contributed by atoms with van der Waals surface area (Å²) in [6.45, 7) is 2.53. The molecule has 0 aromatic rings. The summed E-state index contributed by atoms with van der Waals surface area (Å²) in [7, 11) is 7.51. The molecule has 0 fully saturated rings. The third-order valence-corrected chi connectivity index (χ3v) is 4.21. The fourth-order valence-electron chi connectivity index (χ4n) is 2.90. The minimum Gasteiger partial charge on any atom is -0.481 e. The number of carbonyl (C=O) groups excluding carboxylic acids is 3. The molecule has 0 radical (unpaired) electrons. The van der Waals surface area contributed by atoms with Gasteiger partial charge in [0.05, 0.1) is 46.2 Å². The van der Waals surface area contributed by atoms with Crippen molar-refractivity contribution in [3.8, 4) is 0 Å². The van der Waals surface area contributed by atoms with Gasteiger partial charge in [-0.05, 0) is 33.2 Å². The van der Waals surface area contributed by atoms with E-state index < -0.39 is 12.0 Å². The van der Waals surface area contributed by atoms with E-state index in [0.717, 1.165) is 19.3 Å². The van der Waals surface area contributed by atoms with E-state index in [1.54, 1.807) is 14.0 Å². The fourth-order valence-corrected chi connectivity index (χ4v) is 2.90. The van der Waals surface area contributed by atoms with E-state index in [0.29, 0.717) is 17.6 Å². The van der Waals surface area contributed by atoms with Crippen molar-refractivity contribution in [2.45, 2.75) is 57.5 Å². The average molecular weight is 402 g/mol. The second-order valence-corrected chi connectivity index (χ2v) is 8.13. The van der Waals surface area contributed by atoms with Crippen LogP contribution in [0.3, 0.4) is 0 Å². The predicted octanol–water partition coefficient (Wildman–Crippen LogP) is -0.104. The first-order valence-electron chi connectivity index (χ1n) is 9.70. The minimum atomic E-state index is -0.971. The van der Waals surface area contributed by atoms with E-state index in [2.05, 4.69) is 16.0 Å². The highest BCUT2D eigenvalue weighted by Crippen LogP contribution is 2.03. The minimum absolute atomic E-state index is 0.0191. The van der Waals surface area contributed by atoms with E-state index >= 15 is 0 Å². The van der Waals surface area contributed by atoms with Crippen molar-refractivity contribution < 1.29 is 28.8 Å². The molecule has 0 rings (SSSR count). The number of likely N-dealkylation sites (N-methyl/N-ethyl adjacent to an activating group) is 2. The summed E-state index contributed by atoms with van der Waals surface area (Å²) >= 11 is 0. The number of rotatable bonds is 15. The lowest BCUT2D eigenvalue weighted by molar-refractivity contribution is -0.871. The van der Waals surface area contributed by atoms with Crippen LogP contribution in [0, 0.1) is 0 Å². The molecule has 2 atom stereocenters. The van der Waals surface area contributed by atoms with Crippen LogP contribution in [0.15, 0.2) is 0 Å². The highest BCUT2D eigenvalue weighted by atomic mass is 16.4. The van der Waals surface area contributed by atoms with Gasteiger partial charge >= 0.3 is 5.97 Å². The second-order valence-electron chi connectivity index (χ2n) is 8.13. The molecule has 9 heteroatoms. The molecule has 0 heterocycles. The predicted molar refractivity (Wildman–Crippen MR) is 107 cm³/mol. The molecule has 0 aliphatic heterocycles. The van der Waals surface area contributed by atoms with Gasteiger partial charge in [0.2, 0.25) is 11.8 Å². The molecule has 0 aliphatic carbocycles. The lowest BCUT2D eigenvalue weighted by Gasteiger charge is -2.29. The van der Waals surface area contributed by atoms with Crippen LogP contribution in [0.1, 0.15) is 45.4 Å². The first-order chi connectivity index (χ1) is 12.9. The average Bonchev–Trinajstić information content (AvgIpc) is 2.53. The van der Waals surface area contributed by atoms with E-state index in [-0.39, 0.29) is 42.9 Å². The topological polar surface area (TPSA) is 125 Å². The highest BCUT2D eigenvalue weighted by Gasteiger charge is 2.23. The van der Waals surface area contributed by atoms with Gasteiger partial charge < -0.3 is 25.5 Å². The number of carboxylic acid groups (broad SMARTS) is 1. The molecular formula is C19H37N4O5+. The lowest BCUT2D eigenvalue weighted by Crippen LogP contribution is -2.49. The molecule has 0 saturated carbocycles. The summed E-state index contributed by atoms with van der Waals surface area (Å²) in [5.74, 6) is -1.41. The van der Waals surface area contributed by atoms with Gasteiger partial charge in [-0.1, -0.05) is 0 Å². The normalized spacial score (nSPS) is 13.5. The van der Waals surface area contributed by atoms with Crippen molar-refractivity contribution in [1.29, 1.82) is 0 Å². The lowest BCUT2D eigenvalue weighted by atomic mass is 10.1. The Morgan fingerprint density at radius 3 is 2.11 bits per heavy atom. The van der Waals surface area contributed by atoms with E-state index in [9.17, 15) is 19.2 Å². The third-order valence-electron chi connectivity index (χ3n) is 4.21. The number of nitrogens with one attached hydrogen (secondary N) is 3. The van der Waals surface area contributed by atoms with E-state index in [1.807, 2.05) is 21.1 Å². The summed E-state index contributed by atoms with van der Waals surface area (Å²) < 4.78 is 0.525. The summed E-state index contributed by atoms with van der Waals surface area (Å²) in [5.41, 5.74) is 0. The summed E-state index contributed by atoms with van der Waals surface area (Å²) in [5, 5.41) is 17.4.